The van der Waals surface area contributed by atoms with Crippen LogP contribution in [0, 0.1) is 5.92 Å². The normalized spacial score (nSPS) is 29.7. The van der Waals surface area contributed by atoms with Gasteiger partial charge in [-0.15, -0.1) is 0 Å². The number of ether oxygens (including phenoxy) is 1. The predicted octanol–water partition coefficient (Wildman–Crippen LogP) is -0.179. The second kappa shape index (κ2) is 6.50. The summed E-state index contributed by atoms with van der Waals surface area (Å²) in [6, 6.07) is 0.0798. The van der Waals surface area contributed by atoms with Crippen molar-refractivity contribution in [2.45, 2.75) is 32.4 Å². The zero-order valence-electron chi connectivity index (χ0n) is 11.4. The minimum Gasteiger partial charge on any atom is -0.378 e. The average molecular weight is 255 g/mol. The number of hydrogen-bond acceptors (Lipinski definition) is 4. The molecule has 104 valence electrons. The van der Waals surface area contributed by atoms with Crippen LogP contribution in [0.5, 0.6) is 0 Å². The molecule has 2 aliphatic rings. The van der Waals surface area contributed by atoms with Gasteiger partial charge in [-0.05, 0) is 39.3 Å². The number of nitrogens with one attached hydrogen (secondary N) is 2. The van der Waals surface area contributed by atoms with Crippen LogP contribution in [-0.2, 0) is 9.53 Å². The van der Waals surface area contributed by atoms with Gasteiger partial charge in [0.05, 0.1) is 13.2 Å². The molecule has 2 heterocycles. The molecule has 5 heteroatoms. The zero-order chi connectivity index (χ0) is 13.0. The van der Waals surface area contributed by atoms with Gasteiger partial charge >= 0.3 is 0 Å². The van der Waals surface area contributed by atoms with E-state index in [0.717, 1.165) is 32.8 Å². The summed E-state index contributed by atoms with van der Waals surface area (Å²) >= 11 is 0. The quantitative estimate of drug-likeness (QED) is 0.732. The van der Waals surface area contributed by atoms with Gasteiger partial charge in [0.1, 0.15) is 6.04 Å². The lowest BCUT2D eigenvalue weighted by atomic mass is 10.1. The van der Waals surface area contributed by atoms with Crippen LogP contribution < -0.4 is 10.6 Å². The molecule has 0 spiro atoms. The molecular weight excluding hydrogens is 230 g/mol. The molecule has 2 rings (SSSR count). The molecule has 0 aliphatic carbocycles. The standard InChI is InChI=1S/C13H25N3O2/c1-10(2)15-13(17)12-9-18-6-5-16(12)8-11-3-4-14-7-11/h10-12,14H,3-9H2,1-2H3,(H,15,17). The highest BCUT2D eigenvalue weighted by molar-refractivity contribution is 5.82. The van der Waals surface area contributed by atoms with Crippen molar-refractivity contribution in [3.8, 4) is 0 Å². The third-order valence-electron chi connectivity index (χ3n) is 3.63. The van der Waals surface area contributed by atoms with Crippen molar-refractivity contribution in [3.05, 3.63) is 0 Å². The average Bonchev–Trinajstić information content (AvgIpc) is 2.81. The Balaban J connectivity index is 1.90. The molecular formula is C13H25N3O2. The Labute approximate surface area is 109 Å². The van der Waals surface area contributed by atoms with Crippen molar-refractivity contribution in [2.24, 2.45) is 5.92 Å². The van der Waals surface area contributed by atoms with Crippen molar-refractivity contribution in [1.82, 2.24) is 15.5 Å². The van der Waals surface area contributed by atoms with Gasteiger partial charge < -0.3 is 15.4 Å². The van der Waals surface area contributed by atoms with Gasteiger partial charge in [-0.1, -0.05) is 0 Å². The van der Waals surface area contributed by atoms with Gasteiger partial charge in [-0.3, -0.25) is 9.69 Å². The molecule has 0 aromatic heterocycles. The van der Waals surface area contributed by atoms with Gasteiger partial charge in [0.2, 0.25) is 5.91 Å². The summed E-state index contributed by atoms with van der Waals surface area (Å²) in [7, 11) is 0. The Morgan fingerprint density at radius 3 is 3.06 bits per heavy atom. The van der Waals surface area contributed by atoms with Crippen molar-refractivity contribution in [3.63, 3.8) is 0 Å². The number of carbonyl (C=O) groups is 1. The number of nitrogens with zero attached hydrogens (tertiary/aromatic N) is 1. The molecule has 2 aliphatic heterocycles. The summed E-state index contributed by atoms with van der Waals surface area (Å²) in [5.41, 5.74) is 0. The van der Waals surface area contributed by atoms with Crippen LogP contribution in [0.15, 0.2) is 0 Å². The maximum Gasteiger partial charge on any atom is 0.239 e. The molecule has 0 aromatic carbocycles. The number of morpholine rings is 1. The third kappa shape index (κ3) is 3.67. The van der Waals surface area contributed by atoms with E-state index in [0.29, 0.717) is 12.5 Å². The molecule has 1 amide bonds. The van der Waals surface area contributed by atoms with Crippen LogP contribution in [0.1, 0.15) is 20.3 Å². The van der Waals surface area contributed by atoms with Gasteiger partial charge in [0.15, 0.2) is 0 Å². The first-order chi connectivity index (χ1) is 8.66. The van der Waals surface area contributed by atoms with Gasteiger partial charge in [0, 0.05) is 19.1 Å². The van der Waals surface area contributed by atoms with E-state index in [1.54, 1.807) is 0 Å². The molecule has 2 saturated heterocycles. The summed E-state index contributed by atoms with van der Waals surface area (Å²) in [6.07, 6.45) is 1.22. The molecule has 5 nitrogen and oxygen atoms in total. The maximum absolute atomic E-state index is 12.1. The number of rotatable bonds is 4. The van der Waals surface area contributed by atoms with Crippen molar-refractivity contribution in [2.75, 3.05) is 39.4 Å². The van der Waals surface area contributed by atoms with E-state index in [2.05, 4.69) is 15.5 Å². The summed E-state index contributed by atoms with van der Waals surface area (Å²) in [5, 5.41) is 6.37. The van der Waals surface area contributed by atoms with Crippen LogP contribution in [-0.4, -0.2) is 62.3 Å². The van der Waals surface area contributed by atoms with Crippen LogP contribution in [0.4, 0.5) is 0 Å². The van der Waals surface area contributed by atoms with E-state index in [4.69, 9.17) is 4.74 Å². The smallest absolute Gasteiger partial charge is 0.239 e. The molecule has 2 atom stereocenters. The minimum absolute atomic E-state index is 0.107. The molecule has 2 N–H and O–H groups in total. The second-order valence-corrected chi connectivity index (χ2v) is 5.61. The Kier molecular flexibility index (Phi) is 4.97. The van der Waals surface area contributed by atoms with E-state index in [-0.39, 0.29) is 18.0 Å². The Morgan fingerprint density at radius 1 is 1.56 bits per heavy atom. The first-order valence-corrected chi connectivity index (χ1v) is 6.99. The van der Waals surface area contributed by atoms with Crippen LogP contribution in [0.2, 0.25) is 0 Å². The Hall–Kier alpha value is -0.650. The SMILES string of the molecule is CC(C)NC(=O)C1COCCN1CC1CCNC1. The van der Waals surface area contributed by atoms with Gasteiger partial charge in [0.25, 0.3) is 0 Å². The number of amides is 1. The van der Waals surface area contributed by atoms with Crippen LogP contribution in [0.3, 0.4) is 0 Å². The van der Waals surface area contributed by atoms with Crippen LogP contribution >= 0.6 is 0 Å². The van der Waals surface area contributed by atoms with E-state index < -0.39 is 0 Å². The molecule has 0 aromatic rings. The van der Waals surface area contributed by atoms with E-state index >= 15 is 0 Å². The van der Waals surface area contributed by atoms with E-state index in [1.165, 1.54) is 6.42 Å². The zero-order valence-corrected chi connectivity index (χ0v) is 11.4. The Morgan fingerprint density at radius 2 is 2.39 bits per heavy atom. The summed E-state index contributed by atoms with van der Waals surface area (Å²) < 4.78 is 5.46. The molecule has 2 unspecified atom stereocenters. The highest BCUT2D eigenvalue weighted by Gasteiger charge is 2.31. The molecule has 0 radical (unpaired) electrons. The highest BCUT2D eigenvalue weighted by atomic mass is 16.5. The fourth-order valence-corrected chi connectivity index (χ4v) is 2.68. The number of carbonyl (C=O) groups excluding carboxylic acids is 1. The summed E-state index contributed by atoms with van der Waals surface area (Å²) in [4.78, 5) is 14.4. The molecule has 0 bridgehead atoms. The first-order valence-electron chi connectivity index (χ1n) is 6.99. The first kappa shape index (κ1) is 13.8. The third-order valence-corrected chi connectivity index (χ3v) is 3.63. The molecule has 2 fully saturated rings. The topological polar surface area (TPSA) is 53.6 Å². The van der Waals surface area contributed by atoms with Gasteiger partial charge in [-0.25, -0.2) is 0 Å². The van der Waals surface area contributed by atoms with Crippen LogP contribution in [0.25, 0.3) is 0 Å². The largest absolute Gasteiger partial charge is 0.378 e. The monoisotopic (exact) mass is 255 g/mol. The van der Waals surface area contributed by atoms with Crippen molar-refractivity contribution in [1.29, 1.82) is 0 Å². The predicted molar refractivity (Wildman–Crippen MR) is 70.4 cm³/mol. The second-order valence-electron chi connectivity index (χ2n) is 5.61. The summed E-state index contributed by atoms with van der Waals surface area (Å²) in [6.45, 7) is 9.32. The fraction of sp³-hybridized carbons (Fsp3) is 0.923. The lowest BCUT2D eigenvalue weighted by molar-refractivity contribution is -0.133. The maximum atomic E-state index is 12.1. The minimum atomic E-state index is -0.109. The van der Waals surface area contributed by atoms with E-state index in [1.807, 2.05) is 13.8 Å². The lowest BCUT2D eigenvalue weighted by Crippen LogP contribution is -2.55. The molecule has 18 heavy (non-hydrogen) atoms. The Bertz CT molecular complexity index is 277. The molecule has 0 saturated carbocycles. The summed E-state index contributed by atoms with van der Waals surface area (Å²) in [5.74, 6) is 0.785. The fourth-order valence-electron chi connectivity index (χ4n) is 2.68. The highest BCUT2D eigenvalue weighted by Crippen LogP contribution is 2.15. The van der Waals surface area contributed by atoms with Crippen molar-refractivity contribution >= 4 is 5.91 Å². The van der Waals surface area contributed by atoms with Gasteiger partial charge in [-0.2, -0.15) is 0 Å². The number of hydrogen-bond donors (Lipinski definition) is 2. The van der Waals surface area contributed by atoms with E-state index in [9.17, 15) is 4.79 Å². The van der Waals surface area contributed by atoms with Crippen molar-refractivity contribution < 1.29 is 9.53 Å². The lowest BCUT2D eigenvalue weighted by Gasteiger charge is -2.36.